The quantitative estimate of drug-likeness (QED) is 0.245. The Hall–Kier alpha value is -3.73. The summed E-state index contributed by atoms with van der Waals surface area (Å²) in [5.41, 5.74) is 6.40. The van der Waals surface area contributed by atoms with E-state index < -0.39 is 16.1 Å². The van der Waals surface area contributed by atoms with Crippen molar-refractivity contribution in [3.05, 3.63) is 64.2 Å². The van der Waals surface area contributed by atoms with Crippen LogP contribution >= 0.6 is 11.8 Å². The second kappa shape index (κ2) is 9.18. The molecule has 0 radical (unpaired) electrons. The number of methoxy groups -OCH3 is 1. The predicted octanol–water partition coefficient (Wildman–Crippen LogP) is 2.32. The van der Waals surface area contributed by atoms with E-state index in [0.717, 1.165) is 16.7 Å². The molecule has 154 valence electrons. The Bertz CT molecular complexity index is 1040. The van der Waals surface area contributed by atoms with Crippen molar-refractivity contribution < 1.29 is 19.2 Å². The van der Waals surface area contributed by atoms with Crippen molar-refractivity contribution in [1.82, 2.24) is 0 Å². The number of ether oxygens (including phenoxy) is 1. The summed E-state index contributed by atoms with van der Waals surface area (Å²) in [4.78, 5) is 36.5. The number of nitrogens with zero attached hydrogens (tertiary/aromatic N) is 4. The van der Waals surface area contributed by atoms with Crippen molar-refractivity contribution in [3.63, 3.8) is 0 Å². The van der Waals surface area contributed by atoms with Gasteiger partial charge in [0.2, 0.25) is 11.8 Å². The number of anilines is 1. The van der Waals surface area contributed by atoms with E-state index in [9.17, 15) is 19.7 Å². The summed E-state index contributed by atoms with van der Waals surface area (Å²) in [7, 11) is 1.52. The maximum Gasteiger partial charge on any atom is 0.278 e. The van der Waals surface area contributed by atoms with Gasteiger partial charge in [0.25, 0.3) is 5.69 Å². The molecule has 11 heteroatoms. The number of rotatable bonds is 6. The van der Waals surface area contributed by atoms with Crippen LogP contribution < -0.4 is 15.4 Å². The highest BCUT2D eigenvalue weighted by molar-refractivity contribution is 8.14. The van der Waals surface area contributed by atoms with E-state index in [1.54, 1.807) is 36.4 Å². The summed E-state index contributed by atoms with van der Waals surface area (Å²) in [6, 6.07) is 12.6. The van der Waals surface area contributed by atoms with E-state index in [4.69, 9.17) is 10.5 Å². The molecule has 0 aliphatic carbocycles. The minimum Gasteiger partial charge on any atom is -0.497 e. The van der Waals surface area contributed by atoms with Gasteiger partial charge in [-0.25, -0.2) is 4.90 Å². The van der Waals surface area contributed by atoms with Gasteiger partial charge in [-0.15, -0.1) is 5.10 Å². The largest absolute Gasteiger partial charge is 0.497 e. The fourth-order valence-corrected chi connectivity index (χ4v) is 3.60. The van der Waals surface area contributed by atoms with Gasteiger partial charge in [-0.3, -0.25) is 19.7 Å². The molecule has 0 aromatic heterocycles. The molecule has 2 N–H and O–H groups in total. The molecule has 1 atom stereocenters. The number of para-hydroxylation sites is 1. The van der Waals surface area contributed by atoms with Crippen LogP contribution in [0.1, 0.15) is 12.0 Å². The van der Waals surface area contributed by atoms with Crippen LogP contribution in [0.4, 0.5) is 11.4 Å². The number of amidine groups is 1. The molecule has 3 rings (SSSR count). The van der Waals surface area contributed by atoms with Gasteiger partial charge in [-0.2, -0.15) is 5.10 Å². The first-order valence-corrected chi connectivity index (χ1v) is 9.56. The topological polar surface area (TPSA) is 140 Å². The summed E-state index contributed by atoms with van der Waals surface area (Å²) in [6.45, 7) is 0. The molecule has 1 saturated heterocycles. The van der Waals surface area contributed by atoms with Gasteiger partial charge in [0.1, 0.15) is 11.0 Å². The van der Waals surface area contributed by atoms with Gasteiger partial charge in [0.15, 0.2) is 5.17 Å². The number of hydrogen-bond acceptors (Lipinski definition) is 8. The summed E-state index contributed by atoms with van der Waals surface area (Å²) >= 11 is 0.914. The van der Waals surface area contributed by atoms with Gasteiger partial charge in [-0.1, -0.05) is 23.9 Å². The fourth-order valence-electron chi connectivity index (χ4n) is 2.78. The Kier molecular flexibility index (Phi) is 6.42. The zero-order chi connectivity index (χ0) is 21.7. The zero-order valence-corrected chi connectivity index (χ0v) is 16.6. The third kappa shape index (κ3) is 4.63. The Morgan fingerprint density at radius 1 is 1.27 bits per heavy atom. The molecule has 2 aromatic rings. The number of carbonyl (C=O) groups excluding carboxylic acids is 2. The first-order valence-electron chi connectivity index (χ1n) is 8.68. The first kappa shape index (κ1) is 21.0. The summed E-state index contributed by atoms with van der Waals surface area (Å²) in [6.07, 6.45) is 1.18. The van der Waals surface area contributed by atoms with Crippen LogP contribution in [0.3, 0.4) is 0 Å². The van der Waals surface area contributed by atoms with Gasteiger partial charge < -0.3 is 10.5 Å². The minimum atomic E-state index is -0.732. The lowest BCUT2D eigenvalue weighted by molar-refractivity contribution is -0.385. The summed E-state index contributed by atoms with van der Waals surface area (Å²) in [5.74, 6) is -0.147. The molecule has 10 nitrogen and oxygen atoms in total. The molecule has 1 fully saturated rings. The third-order valence-electron chi connectivity index (χ3n) is 4.19. The van der Waals surface area contributed by atoms with E-state index in [-0.39, 0.29) is 28.7 Å². The molecular weight excluding hydrogens is 410 g/mol. The Labute approximate surface area is 175 Å². The van der Waals surface area contributed by atoms with Crippen LogP contribution in [0.25, 0.3) is 0 Å². The van der Waals surface area contributed by atoms with Crippen molar-refractivity contribution in [2.75, 3.05) is 12.0 Å². The van der Waals surface area contributed by atoms with Gasteiger partial charge in [0.05, 0.1) is 29.5 Å². The minimum absolute atomic E-state index is 0.0282. The van der Waals surface area contributed by atoms with E-state index >= 15 is 0 Å². The van der Waals surface area contributed by atoms with E-state index in [0.29, 0.717) is 11.4 Å². The average Bonchev–Trinajstić information content (AvgIpc) is 3.01. The third-order valence-corrected chi connectivity index (χ3v) is 5.16. The maximum atomic E-state index is 12.7. The van der Waals surface area contributed by atoms with Crippen LogP contribution in [0, 0.1) is 10.1 Å². The summed E-state index contributed by atoms with van der Waals surface area (Å²) < 4.78 is 5.07. The van der Waals surface area contributed by atoms with Crippen molar-refractivity contribution in [3.8, 4) is 5.75 Å². The van der Waals surface area contributed by atoms with Crippen molar-refractivity contribution in [2.45, 2.75) is 11.7 Å². The second-order valence-corrected chi connectivity index (χ2v) is 7.30. The molecule has 0 spiro atoms. The smallest absolute Gasteiger partial charge is 0.278 e. The molecule has 2 amide bonds. The molecule has 30 heavy (non-hydrogen) atoms. The number of nitro benzene ring substituents is 1. The zero-order valence-electron chi connectivity index (χ0n) is 15.8. The normalized spacial score (nSPS) is 17.0. The van der Waals surface area contributed by atoms with Crippen molar-refractivity contribution in [2.24, 2.45) is 15.9 Å². The standard InChI is InChI=1S/C19H17N5O5S/c1-29-14-8-6-13(7-9-14)23-17(25)10-16(18(23)26)30-19(20)22-21-11-12-4-2-3-5-15(12)24(27)28/h2-9,11,16H,10H2,1H3,(H2,20,22). The monoisotopic (exact) mass is 427 g/mol. The molecule has 1 heterocycles. The lowest BCUT2D eigenvalue weighted by Gasteiger charge is -2.15. The molecule has 2 aromatic carbocycles. The molecule has 1 aliphatic rings. The number of imide groups is 1. The molecule has 0 saturated carbocycles. The highest BCUT2D eigenvalue weighted by Gasteiger charge is 2.40. The molecule has 1 unspecified atom stereocenters. The van der Waals surface area contributed by atoms with Gasteiger partial charge >= 0.3 is 0 Å². The number of thioether (sulfide) groups is 1. The second-order valence-electron chi connectivity index (χ2n) is 6.07. The lowest BCUT2D eigenvalue weighted by atomic mass is 10.2. The Morgan fingerprint density at radius 2 is 1.97 bits per heavy atom. The number of benzene rings is 2. The Balaban J connectivity index is 1.68. The highest BCUT2D eigenvalue weighted by atomic mass is 32.2. The number of amides is 2. The number of carbonyl (C=O) groups is 2. The van der Waals surface area contributed by atoms with Crippen LogP contribution in [0.15, 0.2) is 58.7 Å². The van der Waals surface area contributed by atoms with Crippen molar-refractivity contribution in [1.29, 1.82) is 0 Å². The Morgan fingerprint density at radius 3 is 2.63 bits per heavy atom. The first-order chi connectivity index (χ1) is 14.4. The number of nitrogens with two attached hydrogens (primary N) is 1. The van der Waals surface area contributed by atoms with Gasteiger partial charge in [0, 0.05) is 12.5 Å². The van der Waals surface area contributed by atoms with Crippen molar-refractivity contribution >= 4 is 46.3 Å². The molecule has 0 bridgehead atoms. The predicted molar refractivity (Wildman–Crippen MR) is 114 cm³/mol. The van der Waals surface area contributed by atoms with Crippen LogP contribution in [-0.4, -0.2) is 40.5 Å². The molecule has 1 aliphatic heterocycles. The van der Waals surface area contributed by atoms with E-state index in [1.807, 2.05) is 0 Å². The van der Waals surface area contributed by atoms with Crippen LogP contribution in [-0.2, 0) is 9.59 Å². The molecular formula is C19H17N5O5S. The fraction of sp³-hybridized carbons (Fsp3) is 0.158. The van der Waals surface area contributed by atoms with E-state index in [2.05, 4.69) is 10.2 Å². The highest BCUT2D eigenvalue weighted by Crippen LogP contribution is 2.30. The average molecular weight is 427 g/mol. The van der Waals surface area contributed by atoms with E-state index in [1.165, 1.54) is 25.5 Å². The summed E-state index contributed by atoms with van der Waals surface area (Å²) in [5, 5.41) is 17.8. The number of nitro groups is 1. The number of hydrogen-bond donors (Lipinski definition) is 1. The lowest BCUT2D eigenvalue weighted by Crippen LogP contribution is -2.31. The maximum absolute atomic E-state index is 12.7. The van der Waals surface area contributed by atoms with Crippen LogP contribution in [0.2, 0.25) is 0 Å². The van der Waals surface area contributed by atoms with Gasteiger partial charge in [-0.05, 0) is 30.3 Å². The SMILES string of the molecule is COc1ccc(N2C(=O)CC(SC(N)=NN=Cc3ccccc3[N+](=O)[O-])C2=O)cc1. The van der Waals surface area contributed by atoms with Crippen LogP contribution in [0.5, 0.6) is 5.75 Å².